The number of anilines is 1. The Balaban J connectivity index is 1.97. The summed E-state index contributed by atoms with van der Waals surface area (Å²) in [5, 5.41) is 30.7. The van der Waals surface area contributed by atoms with Gasteiger partial charge in [-0.1, -0.05) is 11.8 Å². The number of nitrogens with zero attached hydrogens (tertiary/aromatic N) is 6. The number of hydrogen-bond donors (Lipinski definition) is 2. The minimum Gasteiger partial charge on any atom is -0.491 e. The summed E-state index contributed by atoms with van der Waals surface area (Å²) >= 11 is 1.30. The summed E-state index contributed by atoms with van der Waals surface area (Å²) in [6.45, 7) is 1.20. The molecule has 0 aliphatic heterocycles. The zero-order chi connectivity index (χ0) is 21.3. The maximum absolute atomic E-state index is 9.83. The van der Waals surface area contributed by atoms with Gasteiger partial charge in [-0.15, -0.1) is 0 Å². The van der Waals surface area contributed by atoms with E-state index >= 15 is 0 Å². The molecule has 3 N–H and O–H groups in total. The smallest absolute Gasteiger partial charge is 0.143 e. The molecule has 3 rings (SSSR count). The Bertz CT molecular complexity index is 1090. The van der Waals surface area contributed by atoms with Crippen LogP contribution in [0.1, 0.15) is 16.8 Å². The highest BCUT2D eigenvalue weighted by Gasteiger charge is 2.21. The number of pyridine rings is 2. The average molecular weight is 418 g/mol. The van der Waals surface area contributed by atoms with Crippen LogP contribution in [0, 0.1) is 22.7 Å². The maximum Gasteiger partial charge on any atom is 0.143 e. The van der Waals surface area contributed by atoms with Gasteiger partial charge in [-0.25, -0.2) is 4.98 Å². The fourth-order valence-electron chi connectivity index (χ4n) is 2.60. The molecular formula is C20H18N8OS. The SMILES string of the molecule is CNCCOc1ccc(-c2c(C#N)c(N)nc(SCc3cccnn3)c2C#N)nc1. The van der Waals surface area contributed by atoms with Crippen LogP contribution in [0.5, 0.6) is 5.75 Å². The van der Waals surface area contributed by atoms with Crippen LogP contribution in [-0.4, -0.2) is 40.4 Å². The van der Waals surface area contributed by atoms with Crippen LogP contribution in [-0.2, 0) is 5.75 Å². The number of nitrogens with two attached hydrogens (primary N) is 1. The first-order chi connectivity index (χ1) is 14.7. The molecule has 0 spiro atoms. The van der Waals surface area contributed by atoms with Crippen molar-refractivity contribution < 1.29 is 4.74 Å². The first-order valence-corrected chi connectivity index (χ1v) is 9.93. The molecule has 30 heavy (non-hydrogen) atoms. The number of aromatic nitrogens is 4. The Morgan fingerprint density at radius 3 is 2.67 bits per heavy atom. The molecule has 0 saturated carbocycles. The molecule has 0 atom stereocenters. The lowest BCUT2D eigenvalue weighted by atomic mass is 10.0. The van der Waals surface area contributed by atoms with Crippen molar-refractivity contribution in [3.63, 3.8) is 0 Å². The van der Waals surface area contributed by atoms with Gasteiger partial charge in [0.25, 0.3) is 0 Å². The minimum absolute atomic E-state index is 0.0456. The van der Waals surface area contributed by atoms with Gasteiger partial charge in [0.15, 0.2) is 0 Å². The van der Waals surface area contributed by atoms with Crippen LogP contribution in [0.15, 0.2) is 41.7 Å². The summed E-state index contributed by atoms with van der Waals surface area (Å²) in [5.41, 5.74) is 7.93. The molecule has 0 amide bonds. The first kappa shape index (κ1) is 21.0. The Morgan fingerprint density at radius 1 is 1.20 bits per heavy atom. The third kappa shape index (κ3) is 4.81. The Hall–Kier alpha value is -3.73. The molecule has 3 heterocycles. The quantitative estimate of drug-likeness (QED) is 0.412. The molecule has 0 aliphatic rings. The van der Waals surface area contributed by atoms with Crippen molar-refractivity contribution in [3.05, 3.63) is 53.5 Å². The van der Waals surface area contributed by atoms with E-state index in [4.69, 9.17) is 10.5 Å². The van der Waals surface area contributed by atoms with Gasteiger partial charge in [-0.05, 0) is 31.3 Å². The normalized spacial score (nSPS) is 10.2. The van der Waals surface area contributed by atoms with Crippen molar-refractivity contribution in [3.8, 4) is 29.1 Å². The first-order valence-electron chi connectivity index (χ1n) is 8.94. The third-order valence-electron chi connectivity index (χ3n) is 4.01. The molecule has 0 fully saturated rings. The highest BCUT2D eigenvalue weighted by atomic mass is 32.2. The summed E-state index contributed by atoms with van der Waals surface area (Å²) < 4.78 is 5.58. The van der Waals surface area contributed by atoms with Crippen molar-refractivity contribution in [2.75, 3.05) is 25.9 Å². The zero-order valence-corrected chi connectivity index (χ0v) is 17.0. The van der Waals surface area contributed by atoms with Crippen LogP contribution in [0.25, 0.3) is 11.3 Å². The van der Waals surface area contributed by atoms with Crippen LogP contribution >= 0.6 is 11.8 Å². The molecule has 3 aromatic heterocycles. The summed E-state index contributed by atoms with van der Waals surface area (Å²) in [6, 6.07) is 11.2. The molecule has 0 aromatic carbocycles. The van der Waals surface area contributed by atoms with Crippen molar-refractivity contribution in [1.82, 2.24) is 25.5 Å². The number of nitrogens with one attached hydrogen (secondary N) is 1. The van der Waals surface area contributed by atoms with Crippen LogP contribution in [0.3, 0.4) is 0 Å². The number of nitriles is 2. The lowest BCUT2D eigenvalue weighted by Gasteiger charge is -2.13. The van der Waals surface area contributed by atoms with Crippen molar-refractivity contribution >= 4 is 17.6 Å². The highest BCUT2D eigenvalue weighted by Crippen LogP contribution is 2.35. The number of rotatable bonds is 8. The van der Waals surface area contributed by atoms with E-state index in [0.717, 1.165) is 5.69 Å². The lowest BCUT2D eigenvalue weighted by molar-refractivity contribution is 0.317. The number of nitrogen functional groups attached to an aromatic ring is 1. The van der Waals surface area contributed by atoms with Crippen LogP contribution < -0.4 is 15.8 Å². The molecule has 0 saturated heterocycles. The fraction of sp³-hybridized carbons (Fsp3) is 0.200. The second-order valence-corrected chi connectivity index (χ2v) is 6.95. The van der Waals surface area contributed by atoms with Crippen LogP contribution in [0.2, 0.25) is 0 Å². The van der Waals surface area contributed by atoms with Gasteiger partial charge in [-0.3, -0.25) is 4.98 Å². The van der Waals surface area contributed by atoms with Gasteiger partial charge >= 0.3 is 0 Å². The Morgan fingerprint density at radius 2 is 2.03 bits per heavy atom. The molecule has 0 aliphatic carbocycles. The van der Waals surface area contributed by atoms with E-state index in [1.807, 2.05) is 19.2 Å². The largest absolute Gasteiger partial charge is 0.491 e. The minimum atomic E-state index is 0.0456. The van der Waals surface area contributed by atoms with Gasteiger partial charge in [0.1, 0.15) is 40.9 Å². The predicted molar refractivity (Wildman–Crippen MR) is 112 cm³/mol. The van der Waals surface area contributed by atoms with E-state index in [0.29, 0.717) is 40.9 Å². The van der Waals surface area contributed by atoms with Gasteiger partial charge in [-0.2, -0.15) is 20.7 Å². The van der Waals surface area contributed by atoms with Gasteiger partial charge in [0.05, 0.1) is 23.1 Å². The molecule has 150 valence electrons. The number of hydrogen-bond acceptors (Lipinski definition) is 10. The molecule has 0 unspecified atom stereocenters. The summed E-state index contributed by atoms with van der Waals surface area (Å²) in [4.78, 5) is 8.65. The second-order valence-electron chi connectivity index (χ2n) is 5.99. The monoisotopic (exact) mass is 418 g/mol. The maximum atomic E-state index is 9.83. The summed E-state index contributed by atoms with van der Waals surface area (Å²) in [7, 11) is 1.84. The lowest BCUT2D eigenvalue weighted by Crippen LogP contribution is -2.15. The summed E-state index contributed by atoms with van der Waals surface area (Å²) in [5.74, 6) is 1.08. The van der Waals surface area contributed by atoms with Crippen molar-refractivity contribution in [2.45, 2.75) is 10.8 Å². The molecule has 0 bridgehead atoms. The average Bonchev–Trinajstić information content (AvgIpc) is 2.78. The topological polar surface area (TPSA) is 146 Å². The van der Waals surface area contributed by atoms with E-state index in [-0.39, 0.29) is 16.9 Å². The molecular weight excluding hydrogens is 400 g/mol. The van der Waals surface area contributed by atoms with Crippen molar-refractivity contribution in [2.24, 2.45) is 0 Å². The molecule has 0 radical (unpaired) electrons. The zero-order valence-electron chi connectivity index (χ0n) is 16.2. The van der Waals surface area contributed by atoms with Crippen molar-refractivity contribution in [1.29, 1.82) is 10.5 Å². The van der Waals surface area contributed by atoms with E-state index in [2.05, 4.69) is 31.6 Å². The van der Waals surface area contributed by atoms with Gasteiger partial charge in [0.2, 0.25) is 0 Å². The van der Waals surface area contributed by atoms with E-state index < -0.39 is 0 Å². The standard InChI is InChI=1S/C20H18N8OS/c1-24-7-8-29-14-4-5-17(25-11-14)18-15(9-21)19(23)27-20(16(18)10-22)30-12-13-3-2-6-26-28-13/h2-6,11,24H,7-8,12H2,1H3,(H2,23,27). The highest BCUT2D eigenvalue weighted by molar-refractivity contribution is 7.98. The predicted octanol–water partition coefficient (Wildman–Crippen LogP) is 2.15. The van der Waals surface area contributed by atoms with Gasteiger partial charge in [0, 0.05) is 24.1 Å². The van der Waals surface area contributed by atoms with Gasteiger partial charge < -0.3 is 15.8 Å². The number of thioether (sulfide) groups is 1. The number of ether oxygens (including phenoxy) is 1. The fourth-order valence-corrected chi connectivity index (χ4v) is 3.49. The second kappa shape index (κ2) is 10.2. The summed E-state index contributed by atoms with van der Waals surface area (Å²) in [6.07, 6.45) is 3.14. The van der Waals surface area contributed by atoms with E-state index in [1.165, 1.54) is 11.8 Å². The number of likely N-dealkylation sites (N-methyl/N-ethyl adjacent to an activating group) is 1. The van der Waals surface area contributed by atoms with E-state index in [1.54, 1.807) is 30.6 Å². The Labute approximate surface area is 177 Å². The molecule has 10 heteroatoms. The third-order valence-corrected chi connectivity index (χ3v) is 5.02. The van der Waals surface area contributed by atoms with E-state index in [9.17, 15) is 10.5 Å². The van der Waals surface area contributed by atoms with Crippen LogP contribution in [0.4, 0.5) is 5.82 Å². The Kier molecular flexibility index (Phi) is 7.11. The molecule has 9 nitrogen and oxygen atoms in total. The molecule has 3 aromatic rings.